The molecule has 1 aromatic carbocycles. The maximum Gasteiger partial charge on any atom is 0.152 e. The zero-order valence-corrected chi connectivity index (χ0v) is 12.0. The summed E-state index contributed by atoms with van der Waals surface area (Å²) < 4.78 is 5.14. The summed E-state index contributed by atoms with van der Waals surface area (Å²) >= 11 is 0. The van der Waals surface area contributed by atoms with Gasteiger partial charge in [0.2, 0.25) is 0 Å². The highest BCUT2D eigenvalue weighted by molar-refractivity contribution is 5.34. The number of hydrogen-bond donors (Lipinski definition) is 0. The molecule has 4 heteroatoms. The molecule has 106 valence electrons. The molecule has 0 aliphatic carbocycles. The van der Waals surface area contributed by atoms with Crippen molar-refractivity contribution in [1.82, 2.24) is 4.98 Å². The fraction of sp³-hybridized carbons (Fsp3) is 0.312. The largest absolute Gasteiger partial charge is 0.497 e. The SMILES string of the molecule is CCCN(OCc1ccc(OC)cc1)c1ccccn1. The van der Waals surface area contributed by atoms with Crippen LogP contribution in [0.15, 0.2) is 48.7 Å². The smallest absolute Gasteiger partial charge is 0.152 e. The first-order chi connectivity index (χ1) is 9.83. The van der Waals surface area contributed by atoms with Crippen LogP contribution in [0, 0.1) is 0 Å². The Balaban J connectivity index is 1.98. The number of anilines is 1. The van der Waals surface area contributed by atoms with E-state index in [0.29, 0.717) is 6.61 Å². The van der Waals surface area contributed by atoms with Gasteiger partial charge >= 0.3 is 0 Å². The van der Waals surface area contributed by atoms with Crippen molar-refractivity contribution in [2.45, 2.75) is 20.0 Å². The number of hydrogen-bond acceptors (Lipinski definition) is 4. The fourth-order valence-corrected chi connectivity index (χ4v) is 1.82. The predicted octanol–water partition coefficient (Wildman–Crippen LogP) is 3.44. The Kier molecular flexibility index (Phi) is 5.38. The Morgan fingerprint density at radius 1 is 1.10 bits per heavy atom. The van der Waals surface area contributed by atoms with Crippen molar-refractivity contribution in [3.05, 3.63) is 54.2 Å². The van der Waals surface area contributed by atoms with E-state index in [0.717, 1.165) is 30.1 Å². The fourth-order valence-electron chi connectivity index (χ4n) is 1.82. The van der Waals surface area contributed by atoms with Gasteiger partial charge in [-0.1, -0.05) is 25.1 Å². The van der Waals surface area contributed by atoms with E-state index in [9.17, 15) is 0 Å². The van der Waals surface area contributed by atoms with Crippen LogP contribution in [-0.2, 0) is 11.4 Å². The molecule has 2 aromatic rings. The number of ether oxygens (including phenoxy) is 1. The van der Waals surface area contributed by atoms with E-state index in [2.05, 4.69) is 11.9 Å². The van der Waals surface area contributed by atoms with Crippen LogP contribution in [0.2, 0.25) is 0 Å². The van der Waals surface area contributed by atoms with Gasteiger partial charge in [-0.2, -0.15) is 0 Å². The molecule has 0 amide bonds. The van der Waals surface area contributed by atoms with E-state index in [1.807, 2.05) is 47.5 Å². The molecule has 1 heterocycles. The predicted molar refractivity (Wildman–Crippen MR) is 79.7 cm³/mol. The summed E-state index contributed by atoms with van der Waals surface area (Å²) in [6.45, 7) is 3.44. The number of methoxy groups -OCH3 is 1. The third kappa shape index (κ3) is 3.96. The molecule has 0 spiro atoms. The maximum atomic E-state index is 5.86. The number of benzene rings is 1. The summed E-state index contributed by atoms with van der Waals surface area (Å²) in [6.07, 6.45) is 2.77. The van der Waals surface area contributed by atoms with Gasteiger partial charge in [-0.3, -0.25) is 4.84 Å². The van der Waals surface area contributed by atoms with Gasteiger partial charge in [-0.15, -0.1) is 0 Å². The van der Waals surface area contributed by atoms with Gasteiger partial charge in [-0.05, 0) is 36.2 Å². The van der Waals surface area contributed by atoms with Crippen molar-refractivity contribution in [2.24, 2.45) is 0 Å². The number of hydroxylamine groups is 1. The van der Waals surface area contributed by atoms with Gasteiger partial charge < -0.3 is 4.74 Å². The highest BCUT2D eigenvalue weighted by Gasteiger charge is 2.07. The molecule has 1 aromatic heterocycles. The first-order valence-electron chi connectivity index (χ1n) is 6.78. The highest BCUT2D eigenvalue weighted by Crippen LogP contribution is 2.15. The van der Waals surface area contributed by atoms with Crippen LogP contribution in [0.25, 0.3) is 0 Å². The van der Waals surface area contributed by atoms with E-state index in [1.54, 1.807) is 13.3 Å². The second-order valence-electron chi connectivity index (χ2n) is 4.41. The van der Waals surface area contributed by atoms with Gasteiger partial charge in [0.25, 0.3) is 0 Å². The van der Waals surface area contributed by atoms with Crippen molar-refractivity contribution < 1.29 is 9.57 Å². The average Bonchev–Trinajstić information content (AvgIpc) is 2.53. The first-order valence-corrected chi connectivity index (χ1v) is 6.78. The van der Waals surface area contributed by atoms with Crippen LogP contribution < -0.4 is 9.80 Å². The quantitative estimate of drug-likeness (QED) is 0.723. The summed E-state index contributed by atoms with van der Waals surface area (Å²) in [5, 5.41) is 1.84. The van der Waals surface area contributed by atoms with E-state index in [-0.39, 0.29) is 0 Å². The third-order valence-corrected chi connectivity index (χ3v) is 2.88. The second kappa shape index (κ2) is 7.50. The summed E-state index contributed by atoms with van der Waals surface area (Å²) in [7, 11) is 1.66. The van der Waals surface area contributed by atoms with Crippen LogP contribution in [0.4, 0.5) is 5.82 Å². The minimum Gasteiger partial charge on any atom is -0.497 e. The Hall–Kier alpha value is -2.07. The minimum absolute atomic E-state index is 0.514. The number of nitrogens with zero attached hydrogens (tertiary/aromatic N) is 2. The standard InChI is InChI=1S/C16H20N2O2/c1-3-12-18(16-6-4-5-11-17-16)20-13-14-7-9-15(19-2)10-8-14/h4-11H,3,12-13H2,1-2H3. The van der Waals surface area contributed by atoms with Gasteiger partial charge in [0.15, 0.2) is 5.82 Å². The lowest BCUT2D eigenvalue weighted by atomic mass is 10.2. The molecule has 20 heavy (non-hydrogen) atoms. The molecule has 0 radical (unpaired) electrons. The van der Waals surface area contributed by atoms with Gasteiger partial charge in [0, 0.05) is 12.7 Å². The molecular weight excluding hydrogens is 252 g/mol. The molecule has 0 saturated carbocycles. The number of aromatic nitrogens is 1. The second-order valence-corrected chi connectivity index (χ2v) is 4.41. The summed E-state index contributed by atoms with van der Waals surface area (Å²) in [6, 6.07) is 13.7. The van der Waals surface area contributed by atoms with Crippen molar-refractivity contribution in [2.75, 3.05) is 18.7 Å². The van der Waals surface area contributed by atoms with Gasteiger partial charge in [0.05, 0.1) is 13.7 Å². The van der Waals surface area contributed by atoms with Crippen molar-refractivity contribution in [3.63, 3.8) is 0 Å². The topological polar surface area (TPSA) is 34.6 Å². The minimum atomic E-state index is 0.514. The van der Waals surface area contributed by atoms with E-state index in [1.165, 1.54) is 0 Å². The van der Waals surface area contributed by atoms with Gasteiger partial charge in [0.1, 0.15) is 5.75 Å². The third-order valence-electron chi connectivity index (χ3n) is 2.88. The number of rotatable bonds is 7. The van der Waals surface area contributed by atoms with Crippen LogP contribution in [0.5, 0.6) is 5.75 Å². The molecule has 0 unspecified atom stereocenters. The van der Waals surface area contributed by atoms with E-state index < -0.39 is 0 Å². The molecule has 0 aliphatic heterocycles. The Morgan fingerprint density at radius 3 is 2.50 bits per heavy atom. The molecule has 0 N–H and O–H groups in total. The highest BCUT2D eigenvalue weighted by atomic mass is 16.7. The summed E-state index contributed by atoms with van der Waals surface area (Å²) in [5.74, 6) is 1.69. The zero-order valence-electron chi connectivity index (χ0n) is 12.0. The van der Waals surface area contributed by atoms with Crippen LogP contribution in [0.3, 0.4) is 0 Å². The van der Waals surface area contributed by atoms with E-state index >= 15 is 0 Å². The lowest BCUT2D eigenvalue weighted by molar-refractivity contribution is 0.0926. The monoisotopic (exact) mass is 272 g/mol. The molecule has 2 rings (SSSR count). The molecular formula is C16H20N2O2. The zero-order chi connectivity index (χ0) is 14.2. The Labute approximate surface area is 119 Å². The lowest BCUT2D eigenvalue weighted by Crippen LogP contribution is -2.25. The first kappa shape index (κ1) is 14.3. The Morgan fingerprint density at radius 2 is 1.90 bits per heavy atom. The molecule has 0 bridgehead atoms. The summed E-state index contributed by atoms with van der Waals surface area (Å²) in [5.41, 5.74) is 1.10. The normalized spacial score (nSPS) is 10.3. The van der Waals surface area contributed by atoms with E-state index in [4.69, 9.17) is 9.57 Å². The Bertz CT molecular complexity index is 500. The maximum absolute atomic E-state index is 5.86. The van der Waals surface area contributed by atoms with Crippen molar-refractivity contribution in [1.29, 1.82) is 0 Å². The molecule has 0 fully saturated rings. The lowest BCUT2D eigenvalue weighted by Gasteiger charge is -2.22. The van der Waals surface area contributed by atoms with Crippen LogP contribution in [0.1, 0.15) is 18.9 Å². The van der Waals surface area contributed by atoms with Crippen molar-refractivity contribution >= 4 is 5.82 Å². The summed E-state index contributed by atoms with van der Waals surface area (Å²) in [4.78, 5) is 10.2. The molecule has 0 aliphatic rings. The molecule has 0 saturated heterocycles. The van der Waals surface area contributed by atoms with Crippen molar-refractivity contribution in [3.8, 4) is 5.75 Å². The van der Waals surface area contributed by atoms with Crippen LogP contribution in [-0.4, -0.2) is 18.6 Å². The average molecular weight is 272 g/mol. The molecule has 4 nitrogen and oxygen atoms in total. The molecule has 0 atom stereocenters. The van der Waals surface area contributed by atoms with Gasteiger partial charge in [-0.25, -0.2) is 10.0 Å². The van der Waals surface area contributed by atoms with Crippen LogP contribution >= 0.6 is 0 Å². The number of pyridine rings is 1.